The highest BCUT2D eigenvalue weighted by Gasteiger charge is 2.67. The maximum atomic E-state index is 14.4. The van der Waals surface area contributed by atoms with Crippen molar-refractivity contribution in [3.8, 4) is 0 Å². The number of amides is 2. The van der Waals surface area contributed by atoms with E-state index < -0.39 is 77.4 Å². The Kier molecular flexibility index (Phi) is 8.93. The van der Waals surface area contributed by atoms with E-state index in [1.54, 1.807) is 0 Å². The fourth-order valence-corrected chi connectivity index (χ4v) is 5.01. The van der Waals surface area contributed by atoms with Crippen molar-refractivity contribution in [2.24, 2.45) is 5.41 Å². The summed E-state index contributed by atoms with van der Waals surface area (Å²) >= 11 is 0. The molecule has 1 N–H and O–H groups in total. The molecule has 0 spiro atoms. The number of halogens is 6. The maximum Gasteiger partial charge on any atom is 0.416 e. The molecular weight excluding hydrogens is 582 g/mol. The smallest absolute Gasteiger partial charge is 0.416 e. The first-order valence-corrected chi connectivity index (χ1v) is 13.3. The molecule has 13 heteroatoms. The zero-order chi connectivity index (χ0) is 32.6. The van der Waals surface area contributed by atoms with E-state index in [1.807, 2.05) is 0 Å². The van der Waals surface area contributed by atoms with Crippen LogP contribution in [0.2, 0.25) is 0 Å². The van der Waals surface area contributed by atoms with E-state index in [9.17, 15) is 40.7 Å². The first-order valence-electron chi connectivity index (χ1n) is 13.3. The van der Waals surface area contributed by atoms with Crippen LogP contribution in [0.3, 0.4) is 0 Å². The van der Waals surface area contributed by atoms with Crippen molar-refractivity contribution in [2.75, 3.05) is 11.9 Å². The van der Waals surface area contributed by atoms with E-state index >= 15 is 0 Å². The summed E-state index contributed by atoms with van der Waals surface area (Å²) in [5.41, 5.74) is -8.67. The number of carbonyl (C=O) groups is 3. The molecule has 0 aromatic heterocycles. The highest BCUT2D eigenvalue weighted by molar-refractivity contribution is 6.03. The fourth-order valence-electron chi connectivity index (χ4n) is 5.01. The van der Waals surface area contributed by atoms with E-state index in [4.69, 9.17) is 9.47 Å². The van der Waals surface area contributed by atoms with E-state index in [0.717, 1.165) is 18.2 Å². The Balaban J connectivity index is 2.26. The second kappa shape index (κ2) is 11.4. The van der Waals surface area contributed by atoms with Crippen LogP contribution < -0.4 is 5.32 Å². The number of nitrogens with one attached hydrogen (secondary N) is 1. The number of alkyl halides is 6. The second-order valence-electron chi connectivity index (χ2n) is 12.5. The largest absolute Gasteiger partial charge is 0.459 e. The predicted octanol–water partition coefficient (Wildman–Crippen LogP) is 7.46. The molecule has 1 aliphatic rings. The molecule has 43 heavy (non-hydrogen) atoms. The quantitative estimate of drug-likeness (QED) is 0.214. The molecule has 1 atom stereocenters. The summed E-state index contributed by atoms with van der Waals surface area (Å²) in [7, 11) is 0. The van der Waals surface area contributed by atoms with Crippen molar-refractivity contribution >= 4 is 23.7 Å². The Bertz CT molecular complexity index is 1320. The normalized spacial score (nSPS) is 19.1. The minimum absolute atomic E-state index is 0.0551. The van der Waals surface area contributed by atoms with Crippen LogP contribution in [0.5, 0.6) is 0 Å². The Hall–Kier alpha value is -3.77. The van der Waals surface area contributed by atoms with Gasteiger partial charge < -0.3 is 19.7 Å². The minimum atomic E-state index is -4.93. The van der Waals surface area contributed by atoms with E-state index in [-0.39, 0.29) is 11.3 Å². The molecule has 2 aromatic rings. The van der Waals surface area contributed by atoms with E-state index in [1.165, 1.54) is 71.9 Å². The van der Waals surface area contributed by atoms with Crippen LogP contribution >= 0.6 is 0 Å². The van der Waals surface area contributed by atoms with Gasteiger partial charge in [-0.3, -0.25) is 9.59 Å². The average molecular weight is 617 g/mol. The van der Waals surface area contributed by atoms with Gasteiger partial charge in [0, 0.05) is 12.1 Å². The number of benzene rings is 2. The van der Waals surface area contributed by atoms with Crippen LogP contribution in [0.1, 0.15) is 65.5 Å². The summed E-state index contributed by atoms with van der Waals surface area (Å²) in [6.07, 6.45) is -12.2. The van der Waals surface area contributed by atoms with Gasteiger partial charge in [-0.25, -0.2) is 4.79 Å². The van der Waals surface area contributed by atoms with E-state index in [2.05, 4.69) is 5.32 Å². The molecule has 2 aromatic carbocycles. The number of hydrogen-bond acceptors (Lipinski definition) is 5. The number of likely N-dealkylation sites (tertiary alicyclic amines) is 1. The van der Waals surface area contributed by atoms with Crippen LogP contribution in [-0.4, -0.2) is 46.8 Å². The lowest BCUT2D eigenvalue weighted by Crippen LogP contribution is -2.50. The lowest BCUT2D eigenvalue weighted by molar-refractivity contribution is -0.185. The summed E-state index contributed by atoms with van der Waals surface area (Å²) in [5, 5.41) is 2.23. The van der Waals surface area contributed by atoms with Crippen LogP contribution in [0, 0.1) is 5.41 Å². The molecule has 1 fully saturated rings. The molecule has 2 amide bonds. The Morgan fingerprint density at radius 1 is 0.814 bits per heavy atom. The summed E-state index contributed by atoms with van der Waals surface area (Å²) in [5.74, 6) is -2.41. The molecule has 0 aliphatic carbocycles. The van der Waals surface area contributed by atoms with Crippen molar-refractivity contribution in [3.63, 3.8) is 0 Å². The van der Waals surface area contributed by atoms with Crippen LogP contribution in [0.4, 0.5) is 36.8 Å². The first kappa shape index (κ1) is 33.7. The molecular formula is C30H34F6N2O5. The highest BCUT2D eigenvalue weighted by Crippen LogP contribution is 2.54. The van der Waals surface area contributed by atoms with Gasteiger partial charge >= 0.3 is 30.3 Å². The monoisotopic (exact) mass is 616 g/mol. The number of nitrogens with zero attached hydrogens (tertiary/aromatic N) is 1. The third-order valence-electron chi connectivity index (χ3n) is 6.61. The van der Waals surface area contributed by atoms with E-state index in [0.29, 0.717) is 11.0 Å². The van der Waals surface area contributed by atoms with Crippen LogP contribution in [-0.2, 0) is 30.8 Å². The summed E-state index contributed by atoms with van der Waals surface area (Å²) in [4.78, 5) is 42.1. The zero-order valence-corrected chi connectivity index (χ0v) is 24.6. The Labute approximate surface area is 245 Å². The Morgan fingerprint density at radius 2 is 1.35 bits per heavy atom. The van der Waals surface area contributed by atoms with Gasteiger partial charge in [0.2, 0.25) is 0 Å². The van der Waals surface area contributed by atoms with Crippen molar-refractivity contribution < 1.29 is 50.2 Å². The number of urea groups is 1. The third kappa shape index (κ3) is 7.99. The summed E-state index contributed by atoms with van der Waals surface area (Å²) in [6, 6.07) is 9.29. The molecule has 1 heterocycles. The topological polar surface area (TPSA) is 84.9 Å². The predicted molar refractivity (Wildman–Crippen MR) is 145 cm³/mol. The number of carbonyl (C=O) groups excluding carboxylic acids is 3. The number of rotatable bonds is 5. The van der Waals surface area contributed by atoms with Crippen LogP contribution in [0.15, 0.2) is 54.6 Å². The zero-order valence-electron chi connectivity index (χ0n) is 24.6. The lowest BCUT2D eigenvalue weighted by Gasteiger charge is -2.39. The summed E-state index contributed by atoms with van der Waals surface area (Å²) in [6.45, 7) is 8.10. The molecule has 1 saturated heterocycles. The molecule has 0 unspecified atom stereocenters. The van der Waals surface area contributed by atoms with Gasteiger partial charge in [-0.1, -0.05) is 36.4 Å². The van der Waals surface area contributed by atoms with Gasteiger partial charge in [-0.15, -0.1) is 0 Å². The third-order valence-corrected chi connectivity index (χ3v) is 6.61. The van der Waals surface area contributed by atoms with Gasteiger partial charge in [0.15, 0.2) is 5.41 Å². The SMILES string of the molecule is CC(C)(C)OC(=O)C1(C(=O)OC(C)(C)C)CN(C(=O)Nc2cccc(C(F)(F)F)c2)[C@](CC(F)(F)F)(c2ccccc2)C1. The maximum absolute atomic E-state index is 14.4. The lowest BCUT2D eigenvalue weighted by atomic mass is 9.75. The van der Waals surface area contributed by atoms with Crippen molar-refractivity contribution in [1.82, 2.24) is 4.90 Å². The molecule has 1 aliphatic heterocycles. The Morgan fingerprint density at radius 3 is 1.81 bits per heavy atom. The molecule has 7 nitrogen and oxygen atoms in total. The molecule has 0 bridgehead atoms. The number of esters is 2. The molecule has 3 rings (SSSR count). The van der Waals surface area contributed by atoms with Crippen molar-refractivity contribution in [1.29, 1.82) is 0 Å². The molecule has 236 valence electrons. The average Bonchev–Trinajstić information content (AvgIpc) is 3.18. The minimum Gasteiger partial charge on any atom is -0.459 e. The summed E-state index contributed by atoms with van der Waals surface area (Å²) < 4.78 is 94.1. The van der Waals surface area contributed by atoms with Crippen molar-refractivity contribution in [2.45, 2.75) is 83.5 Å². The fraction of sp³-hybridized carbons (Fsp3) is 0.500. The number of hydrogen-bond donors (Lipinski definition) is 1. The standard InChI is InChI=1S/C30H34F6N2O5/c1-25(2,3)42-22(39)27(23(40)43-26(4,5)6)16-28(17-29(31,32)33,19-11-8-7-9-12-19)38(18-27)24(41)37-21-14-10-13-20(15-21)30(34,35)36/h7-15H,16-18H2,1-6H3,(H,37,41)/t28-/m1/s1. The van der Waals surface area contributed by atoms with Gasteiger partial charge in [-0.2, -0.15) is 26.3 Å². The van der Waals surface area contributed by atoms with Gasteiger partial charge in [-0.05, 0) is 65.3 Å². The number of ether oxygens (including phenoxy) is 2. The van der Waals surface area contributed by atoms with Crippen molar-refractivity contribution in [3.05, 3.63) is 65.7 Å². The highest BCUT2D eigenvalue weighted by atomic mass is 19.4. The second-order valence-corrected chi connectivity index (χ2v) is 12.5. The van der Waals surface area contributed by atoms with Crippen LogP contribution in [0.25, 0.3) is 0 Å². The van der Waals surface area contributed by atoms with Gasteiger partial charge in [0.1, 0.15) is 11.2 Å². The molecule has 0 saturated carbocycles. The van der Waals surface area contributed by atoms with Gasteiger partial charge in [0.05, 0.1) is 24.1 Å². The molecule has 0 radical (unpaired) electrons. The first-order chi connectivity index (χ1) is 19.5. The number of anilines is 1. The van der Waals surface area contributed by atoms with Gasteiger partial charge in [0.25, 0.3) is 0 Å².